The number of pyridine rings is 1. The number of aliphatic hydroxyl groups excluding tert-OH is 1. The quantitative estimate of drug-likeness (QED) is 0.833. The van der Waals surface area contributed by atoms with Crippen molar-refractivity contribution in [2.24, 2.45) is 0 Å². The second-order valence-electron chi connectivity index (χ2n) is 4.75. The number of hydrogen-bond donors (Lipinski definition) is 1. The molecule has 3 heteroatoms. The highest BCUT2D eigenvalue weighted by atomic mass is 16.5. The number of aromatic nitrogens is 1. The van der Waals surface area contributed by atoms with Crippen molar-refractivity contribution in [2.75, 3.05) is 6.61 Å². The normalized spacial score (nSPS) is 27.7. The largest absolute Gasteiger partial charge is 0.385 e. The van der Waals surface area contributed by atoms with Crippen LogP contribution >= 0.6 is 0 Å². The molecule has 1 fully saturated rings. The van der Waals surface area contributed by atoms with Crippen molar-refractivity contribution in [3.8, 4) is 0 Å². The van der Waals surface area contributed by atoms with Gasteiger partial charge in [0.25, 0.3) is 0 Å². The van der Waals surface area contributed by atoms with Gasteiger partial charge in [0, 0.05) is 24.6 Å². The second-order valence-corrected chi connectivity index (χ2v) is 4.75. The first-order valence-corrected chi connectivity index (χ1v) is 5.86. The number of rotatable bonds is 2. The van der Waals surface area contributed by atoms with E-state index in [-0.39, 0.29) is 0 Å². The molecule has 3 nitrogen and oxygen atoms in total. The molecule has 1 aromatic heterocycles. The van der Waals surface area contributed by atoms with Gasteiger partial charge < -0.3 is 9.84 Å². The summed E-state index contributed by atoms with van der Waals surface area (Å²) in [6.07, 6.45) is 6.02. The zero-order chi connectivity index (χ0) is 11.6. The molecule has 1 aliphatic heterocycles. The lowest BCUT2D eigenvalue weighted by molar-refractivity contribution is -0.138. The minimum atomic E-state index is -0.582. The van der Waals surface area contributed by atoms with E-state index in [4.69, 9.17) is 4.74 Å². The number of ether oxygens (including phenoxy) is 1. The Balaban J connectivity index is 2.24. The molecular weight excluding hydrogens is 202 g/mol. The van der Waals surface area contributed by atoms with Crippen LogP contribution in [0, 0.1) is 6.92 Å². The molecule has 2 atom stereocenters. The number of aryl methyl sites for hydroxylation is 1. The van der Waals surface area contributed by atoms with Crippen molar-refractivity contribution >= 4 is 0 Å². The minimum absolute atomic E-state index is 0.452. The van der Waals surface area contributed by atoms with Crippen molar-refractivity contribution < 1.29 is 9.84 Å². The summed E-state index contributed by atoms with van der Waals surface area (Å²) in [6.45, 7) is 4.72. The van der Waals surface area contributed by atoms with E-state index < -0.39 is 11.7 Å². The maximum absolute atomic E-state index is 10.4. The molecule has 0 spiro atoms. The molecule has 0 saturated carbocycles. The highest BCUT2D eigenvalue weighted by Crippen LogP contribution is 2.37. The zero-order valence-electron chi connectivity index (χ0n) is 9.94. The molecule has 16 heavy (non-hydrogen) atoms. The SMILES string of the molecule is Cc1ccncc1C(O)C1(C)CCCCO1. The smallest absolute Gasteiger partial charge is 0.109 e. The summed E-state index contributed by atoms with van der Waals surface area (Å²) in [5.74, 6) is 0. The average Bonchev–Trinajstić information content (AvgIpc) is 2.30. The van der Waals surface area contributed by atoms with Crippen molar-refractivity contribution in [1.29, 1.82) is 0 Å². The lowest BCUT2D eigenvalue weighted by atomic mass is 9.85. The van der Waals surface area contributed by atoms with Gasteiger partial charge in [0.15, 0.2) is 0 Å². The molecule has 2 unspecified atom stereocenters. The lowest BCUT2D eigenvalue weighted by Crippen LogP contribution is -2.39. The molecule has 2 heterocycles. The number of aliphatic hydroxyl groups is 1. The van der Waals surface area contributed by atoms with Gasteiger partial charge in [0.2, 0.25) is 0 Å². The van der Waals surface area contributed by atoms with Crippen LogP contribution in [0.3, 0.4) is 0 Å². The van der Waals surface area contributed by atoms with Crippen LogP contribution in [0.5, 0.6) is 0 Å². The number of nitrogens with zero attached hydrogens (tertiary/aromatic N) is 1. The summed E-state index contributed by atoms with van der Waals surface area (Å²) >= 11 is 0. The Labute approximate surface area is 96.5 Å². The highest BCUT2D eigenvalue weighted by Gasteiger charge is 2.37. The summed E-state index contributed by atoms with van der Waals surface area (Å²) in [5.41, 5.74) is 1.50. The molecule has 2 rings (SSSR count). The van der Waals surface area contributed by atoms with E-state index in [2.05, 4.69) is 4.98 Å². The van der Waals surface area contributed by atoms with Crippen LogP contribution < -0.4 is 0 Å². The van der Waals surface area contributed by atoms with Gasteiger partial charge in [-0.05, 0) is 44.7 Å². The van der Waals surface area contributed by atoms with E-state index in [1.807, 2.05) is 19.9 Å². The van der Waals surface area contributed by atoms with Crippen LogP contribution in [0.2, 0.25) is 0 Å². The Hall–Kier alpha value is -0.930. The predicted molar refractivity (Wildman–Crippen MR) is 62.1 cm³/mol. The maximum Gasteiger partial charge on any atom is 0.109 e. The van der Waals surface area contributed by atoms with E-state index in [1.165, 1.54) is 0 Å². The first-order valence-electron chi connectivity index (χ1n) is 5.86. The maximum atomic E-state index is 10.4. The van der Waals surface area contributed by atoms with Crippen molar-refractivity contribution in [1.82, 2.24) is 4.98 Å². The molecule has 0 aromatic carbocycles. The molecule has 1 aliphatic rings. The molecule has 1 aromatic rings. The molecule has 1 saturated heterocycles. The fourth-order valence-electron chi connectivity index (χ4n) is 2.26. The zero-order valence-corrected chi connectivity index (χ0v) is 9.94. The molecule has 1 N–H and O–H groups in total. The van der Waals surface area contributed by atoms with Crippen molar-refractivity contribution in [3.05, 3.63) is 29.6 Å². The van der Waals surface area contributed by atoms with Crippen LogP contribution in [-0.4, -0.2) is 22.3 Å². The van der Waals surface area contributed by atoms with Crippen LogP contribution in [0.4, 0.5) is 0 Å². The van der Waals surface area contributed by atoms with Gasteiger partial charge >= 0.3 is 0 Å². The van der Waals surface area contributed by atoms with E-state index in [0.29, 0.717) is 0 Å². The Kier molecular flexibility index (Phi) is 3.26. The standard InChI is InChI=1S/C13H19NO2/c1-10-5-7-14-9-11(10)12(15)13(2)6-3-4-8-16-13/h5,7,9,12,15H,3-4,6,8H2,1-2H3. The minimum Gasteiger partial charge on any atom is -0.385 e. The van der Waals surface area contributed by atoms with Gasteiger partial charge in [-0.1, -0.05) is 0 Å². The summed E-state index contributed by atoms with van der Waals surface area (Å²) < 4.78 is 5.76. The van der Waals surface area contributed by atoms with E-state index >= 15 is 0 Å². The molecule has 0 radical (unpaired) electrons. The Morgan fingerprint density at radius 1 is 1.50 bits per heavy atom. The second kappa shape index (κ2) is 4.52. The topological polar surface area (TPSA) is 42.4 Å². The monoisotopic (exact) mass is 221 g/mol. The van der Waals surface area contributed by atoms with E-state index in [9.17, 15) is 5.11 Å². The first-order chi connectivity index (χ1) is 7.63. The van der Waals surface area contributed by atoms with Crippen molar-refractivity contribution in [3.63, 3.8) is 0 Å². The fraction of sp³-hybridized carbons (Fsp3) is 0.615. The summed E-state index contributed by atoms with van der Waals surface area (Å²) in [5, 5.41) is 10.4. The molecule has 0 amide bonds. The van der Waals surface area contributed by atoms with Crippen LogP contribution in [0.25, 0.3) is 0 Å². The van der Waals surface area contributed by atoms with Crippen LogP contribution in [0.15, 0.2) is 18.5 Å². The molecule has 0 bridgehead atoms. The predicted octanol–water partition coefficient (Wildman–Crippen LogP) is 2.38. The first kappa shape index (κ1) is 11.6. The lowest BCUT2D eigenvalue weighted by Gasteiger charge is -2.38. The van der Waals surface area contributed by atoms with Gasteiger partial charge in [-0.2, -0.15) is 0 Å². The van der Waals surface area contributed by atoms with Gasteiger partial charge in [0.1, 0.15) is 6.10 Å². The average molecular weight is 221 g/mol. The van der Waals surface area contributed by atoms with Gasteiger partial charge in [-0.3, -0.25) is 4.98 Å². The Morgan fingerprint density at radius 3 is 2.94 bits per heavy atom. The third-order valence-electron chi connectivity index (χ3n) is 3.45. The molecule has 0 aliphatic carbocycles. The summed E-state index contributed by atoms with van der Waals surface area (Å²) in [4.78, 5) is 4.08. The summed E-state index contributed by atoms with van der Waals surface area (Å²) in [7, 11) is 0. The van der Waals surface area contributed by atoms with Crippen LogP contribution in [0.1, 0.15) is 43.4 Å². The van der Waals surface area contributed by atoms with Gasteiger partial charge in [-0.25, -0.2) is 0 Å². The van der Waals surface area contributed by atoms with E-state index in [1.54, 1.807) is 12.4 Å². The molecular formula is C13H19NO2. The Bertz CT molecular complexity index is 359. The van der Waals surface area contributed by atoms with E-state index in [0.717, 1.165) is 37.0 Å². The third-order valence-corrected chi connectivity index (χ3v) is 3.45. The van der Waals surface area contributed by atoms with Crippen LogP contribution in [-0.2, 0) is 4.74 Å². The summed E-state index contributed by atoms with van der Waals surface area (Å²) in [6, 6.07) is 1.92. The van der Waals surface area contributed by atoms with Gasteiger partial charge in [0.05, 0.1) is 5.60 Å². The number of hydrogen-bond acceptors (Lipinski definition) is 3. The highest BCUT2D eigenvalue weighted by molar-refractivity contribution is 5.26. The Morgan fingerprint density at radius 2 is 2.31 bits per heavy atom. The van der Waals surface area contributed by atoms with Gasteiger partial charge in [-0.15, -0.1) is 0 Å². The van der Waals surface area contributed by atoms with Crippen molar-refractivity contribution in [2.45, 2.75) is 44.8 Å². The third kappa shape index (κ3) is 2.11. The molecule has 88 valence electrons. The fourth-order valence-corrected chi connectivity index (χ4v) is 2.26.